The lowest BCUT2D eigenvalue weighted by Crippen LogP contribution is -2.13. The van der Waals surface area contributed by atoms with Gasteiger partial charge in [-0.25, -0.2) is 0 Å². The van der Waals surface area contributed by atoms with Gasteiger partial charge in [-0.3, -0.25) is 4.99 Å². The highest BCUT2D eigenvalue weighted by molar-refractivity contribution is 8.13. The molecule has 0 radical (unpaired) electrons. The van der Waals surface area contributed by atoms with Crippen molar-refractivity contribution < 1.29 is 0 Å². The largest absolute Gasteiger partial charge is 0.335 e. The Morgan fingerprint density at radius 3 is 2.32 bits per heavy atom. The van der Waals surface area contributed by atoms with Crippen molar-refractivity contribution in [3.8, 4) is 6.07 Å². The number of aliphatic imine (C=N–C) groups is 1. The summed E-state index contributed by atoms with van der Waals surface area (Å²) in [5, 5.41) is 13.1. The molecule has 110 valence electrons. The van der Waals surface area contributed by atoms with Crippen LogP contribution in [0.4, 0.5) is 5.69 Å². The lowest BCUT2D eigenvalue weighted by atomic mass is 10.1. The second kappa shape index (κ2) is 6.67. The van der Waals surface area contributed by atoms with Gasteiger partial charge < -0.3 is 5.32 Å². The van der Waals surface area contributed by atoms with Crippen molar-refractivity contribution in [3.63, 3.8) is 0 Å². The first kappa shape index (κ1) is 14.7. The van der Waals surface area contributed by atoms with E-state index in [0.29, 0.717) is 11.6 Å². The number of anilines is 1. The van der Waals surface area contributed by atoms with Gasteiger partial charge in [0.15, 0.2) is 5.17 Å². The average molecular weight is 307 g/mol. The Labute approximate surface area is 135 Å². The van der Waals surface area contributed by atoms with Crippen molar-refractivity contribution in [2.75, 3.05) is 11.6 Å². The predicted molar refractivity (Wildman–Crippen MR) is 93.4 cm³/mol. The van der Waals surface area contributed by atoms with Crippen LogP contribution in [0.25, 0.3) is 0 Å². The molecule has 0 saturated heterocycles. The van der Waals surface area contributed by atoms with E-state index in [1.807, 2.05) is 30.5 Å². The Kier molecular flexibility index (Phi) is 4.45. The minimum Gasteiger partial charge on any atom is -0.335 e. The van der Waals surface area contributed by atoms with Gasteiger partial charge in [0, 0.05) is 5.69 Å². The molecule has 1 aliphatic carbocycles. The van der Waals surface area contributed by atoms with E-state index in [0.717, 1.165) is 23.7 Å². The van der Waals surface area contributed by atoms with Crippen LogP contribution in [0.3, 0.4) is 0 Å². The van der Waals surface area contributed by atoms with Gasteiger partial charge >= 0.3 is 0 Å². The highest BCUT2D eigenvalue weighted by atomic mass is 32.2. The van der Waals surface area contributed by atoms with Crippen LogP contribution in [0, 0.1) is 11.3 Å². The fourth-order valence-electron chi connectivity index (χ4n) is 2.68. The number of benzene rings is 2. The number of hydrogen-bond donors (Lipinski definition) is 1. The summed E-state index contributed by atoms with van der Waals surface area (Å²) in [6.45, 7) is 0. The van der Waals surface area contributed by atoms with Crippen LogP contribution in [0.15, 0.2) is 53.5 Å². The number of nitrogens with zero attached hydrogens (tertiary/aromatic N) is 2. The third-order valence-electron chi connectivity index (χ3n) is 3.79. The van der Waals surface area contributed by atoms with Crippen molar-refractivity contribution in [1.29, 1.82) is 5.26 Å². The number of rotatable bonds is 2. The van der Waals surface area contributed by atoms with Crippen LogP contribution < -0.4 is 5.32 Å². The number of thioether (sulfide) groups is 1. The van der Waals surface area contributed by atoms with Crippen molar-refractivity contribution in [3.05, 3.63) is 65.2 Å². The van der Waals surface area contributed by atoms with E-state index in [2.05, 4.69) is 35.7 Å². The smallest absolute Gasteiger partial charge is 0.161 e. The van der Waals surface area contributed by atoms with Crippen LogP contribution in [0.1, 0.15) is 16.7 Å². The fourth-order valence-corrected chi connectivity index (χ4v) is 3.15. The summed E-state index contributed by atoms with van der Waals surface area (Å²) < 4.78 is 0. The van der Waals surface area contributed by atoms with E-state index in [-0.39, 0.29) is 0 Å². The zero-order chi connectivity index (χ0) is 15.4. The molecule has 0 heterocycles. The molecule has 0 aromatic heterocycles. The van der Waals surface area contributed by atoms with Crippen LogP contribution in [0.5, 0.6) is 0 Å². The minimum absolute atomic E-state index is 0.311. The summed E-state index contributed by atoms with van der Waals surface area (Å²) in [6, 6.07) is 18.5. The van der Waals surface area contributed by atoms with Gasteiger partial charge in [0.25, 0.3) is 0 Å². The predicted octanol–water partition coefficient (Wildman–Crippen LogP) is 3.86. The van der Waals surface area contributed by atoms with Gasteiger partial charge in [0.2, 0.25) is 0 Å². The number of nitrogens with one attached hydrogen (secondary N) is 1. The molecule has 4 heteroatoms. The van der Waals surface area contributed by atoms with E-state index in [9.17, 15) is 0 Å². The molecule has 2 aromatic rings. The molecule has 0 atom stereocenters. The Morgan fingerprint density at radius 2 is 1.77 bits per heavy atom. The molecule has 3 rings (SSSR count). The van der Waals surface area contributed by atoms with Crippen molar-refractivity contribution in [2.45, 2.75) is 18.9 Å². The Hall–Kier alpha value is -2.25. The zero-order valence-corrected chi connectivity index (χ0v) is 13.2. The summed E-state index contributed by atoms with van der Waals surface area (Å²) in [4.78, 5) is 4.85. The molecule has 0 bridgehead atoms. The molecule has 22 heavy (non-hydrogen) atoms. The normalized spacial score (nSPS) is 14.5. The van der Waals surface area contributed by atoms with Gasteiger partial charge in [-0.15, -0.1) is 0 Å². The monoisotopic (exact) mass is 307 g/mol. The first-order valence-electron chi connectivity index (χ1n) is 7.24. The van der Waals surface area contributed by atoms with Gasteiger partial charge in [-0.1, -0.05) is 36.0 Å². The maximum Gasteiger partial charge on any atom is 0.161 e. The second-order valence-corrected chi connectivity index (χ2v) is 6.08. The maximum atomic E-state index is 8.83. The Balaban J connectivity index is 1.70. The lowest BCUT2D eigenvalue weighted by molar-refractivity contribution is 0.726. The number of fused-ring (bicyclic) bond motifs is 1. The zero-order valence-electron chi connectivity index (χ0n) is 12.4. The van der Waals surface area contributed by atoms with E-state index in [4.69, 9.17) is 10.3 Å². The average Bonchev–Trinajstić information content (AvgIpc) is 2.97. The number of amidine groups is 1. The highest BCUT2D eigenvalue weighted by Crippen LogP contribution is 2.24. The Morgan fingerprint density at radius 1 is 1.14 bits per heavy atom. The van der Waals surface area contributed by atoms with E-state index in [1.54, 1.807) is 11.8 Å². The molecule has 2 aromatic carbocycles. The maximum absolute atomic E-state index is 8.83. The van der Waals surface area contributed by atoms with Crippen LogP contribution in [-0.2, 0) is 12.8 Å². The second-order valence-electron chi connectivity index (χ2n) is 5.28. The number of nitriles is 1. The summed E-state index contributed by atoms with van der Waals surface area (Å²) in [5.74, 6) is 0. The fraction of sp³-hybridized carbons (Fsp3) is 0.222. The lowest BCUT2D eigenvalue weighted by Gasteiger charge is -2.10. The van der Waals surface area contributed by atoms with E-state index >= 15 is 0 Å². The van der Waals surface area contributed by atoms with Gasteiger partial charge in [-0.2, -0.15) is 5.26 Å². The molecule has 0 spiro atoms. The van der Waals surface area contributed by atoms with Crippen LogP contribution >= 0.6 is 11.8 Å². The molecule has 0 amide bonds. The summed E-state index contributed by atoms with van der Waals surface area (Å²) in [7, 11) is 0. The standard InChI is InChI=1S/C18H17N3S/c1-22-18(20-16-8-6-13(12-19)7-9-16)21-17-10-14-4-2-3-5-15(14)11-17/h2-9,17H,10-11H2,1H3,(H,20,21). The molecule has 1 aliphatic rings. The molecule has 3 nitrogen and oxygen atoms in total. The highest BCUT2D eigenvalue weighted by Gasteiger charge is 2.20. The van der Waals surface area contributed by atoms with Gasteiger partial charge in [-0.05, 0) is 54.5 Å². The molecule has 0 aliphatic heterocycles. The van der Waals surface area contributed by atoms with Gasteiger partial charge in [0.05, 0.1) is 17.7 Å². The first-order chi connectivity index (χ1) is 10.8. The topological polar surface area (TPSA) is 48.2 Å². The molecule has 0 saturated carbocycles. The first-order valence-corrected chi connectivity index (χ1v) is 8.46. The molecular weight excluding hydrogens is 290 g/mol. The minimum atomic E-state index is 0.311. The number of hydrogen-bond acceptors (Lipinski definition) is 3. The van der Waals surface area contributed by atoms with Crippen molar-refractivity contribution in [1.82, 2.24) is 0 Å². The van der Waals surface area contributed by atoms with Crippen molar-refractivity contribution in [2.24, 2.45) is 4.99 Å². The molecule has 0 fully saturated rings. The molecular formula is C18H17N3S. The quantitative estimate of drug-likeness (QED) is 0.677. The van der Waals surface area contributed by atoms with E-state index in [1.165, 1.54) is 11.1 Å². The molecule has 0 unspecified atom stereocenters. The van der Waals surface area contributed by atoms with Crippen molar-refractivity contribution >= 4 is 22.6 Å². The summed E-state index contributed by atoms with van der Waals surface area (Å²) in [6.07, 6.45) is 4.04. The third kappa shape index (κ3) is 3.32. The molecule has 1 N–H and O–H groups in total. The van der Waals surface area contributed by atoms with Gasteiger partial charge in [0.1, 0.15) is 0 Å². The van der Waals surface area contributed by atoms with Crippen LogP contribution in [0.2, 0.25) is 0 Å². The Bertz CT molecular complexity index is 704. The summed E-state index contributed by atoms with van der Waals surface area (Å²) in [5.41, 5.74) is 4.45. The summed E-state index contributed by atoms with van der Waals surface area (Å²) >= 11 is 1.61. The SMILES string of the molecule is CSC(=NC1Cc2ccccc2C1)Nc1ccc(C#N)cc1. The third-order valence-corrected chi connectivity index (χ3v) is 4.38. The van der Waals surface area contributed by atoms with Crippen LogP contribution in [-0.4, -0.2) is 17.5 Å². The van der Waals surface area contributed by atoms with E-state index < -0.39 is 0 Å².